The first kappa shape index (κ1) is 5.54. The number of nitroso groups, excluding NO2 is 1. The molecule has 1 N–H and O–H groups in total. The zero-order valence-electron chi connectivity index (χ0n) is 3.30. The normalized spacial score (nSPS) is 5.57. The first-order valence-electron chi connectivity index (χ1n) is 1.35. The van der Waals surface area contributed by atoms with Gasteiger partial charge in [-0.25, -0.2) is 0 Å². The predicted molar refractivity (Wildman–Crippen MR) is 23.6 cm³/mol. The van der Waals surface area contributed by atoms with E-state index in [9.17, 15) is 4.91 Å². The number of rotatable bonds is 1. The Morgan fingerprint density at radius 3 is 2.57 bits per heavy atom. The van der Waals surface area contributed by atoms with E-state index in [1.807, 2.05) is 0 Å². The zero-order valence-corrected chi connectivity index (χ0v) is 3.30. The summed E-state index contributed by atoms with van der Waals surface area (Å²) >= 11 is 0. The van der Waals surface area contributed by atoms with E-state index >= 15 is 0 Å². The summed E-state index contributed by atoms with van der Waals surface area (Å²) in [6.07, 6.45) is 0. The van der Waals surface area contributed by atoms with Crippen LogP contribution >= 0.6 is 0 Å². The molecule has 0 aliphatic rings. The second-order valence-corrected chi connectivity index (χ2v) is 0.652. The highest BCUT2D eigenvalue weighted by molar-refractivity contribution is 5.55. The van der Waals surface area contributed by atoms with Crippen molar-refractivity contribution in [2.75, 3.05) is 0 Å². The number of nitrogens with zero attached hydrogens (tertiary/aromatic N) is 2. The Bertz CT molecular complexity index is 160. The molecular formula is C3HN3O. The molecule has 0 bridgehead atoms. The van der Waals surface area contributed by atoms with Gasteiger partial charge in [0.05, 0.1) is 0 Å². The van der Waals surface area contributed by atoms with Gasteiger partial charge in [0.15, 0.2) is 0 Å². The van der Waals surface area contributed by atoms with Crippen LogP contribution in [0.3, 0.4) is 0 Å². The van der Waals surface area contributed by atoms with E-state index in [4.69, 9.17) is 12.0 Å². The quantitative estimate of drug-likeness (QED) is 0.292. The molecule has 0 fully saturated rings. The largest absolute Gasteiger partial charge is 0.381 e. The van der Waals surface area contributed by atoms with E-state index in [1.165, 1.54) is 5.87 Å². The first-order chi connectivity index (χ1) is 3.35. The molecule has 0 aromatic carbocycles. The van der Waals surface area contributed by atoms with Crippen LogP contribution in [0.2, 0.25) is 0 Å². The van der Waals surface area contributed by atoms with Gasteiger partial charge in [-0.1, -0.05) is 6.57 Å². The Balaban J connectivity index is 4.24. The van der Waals surface area contributed by atoms with Crippen molar-refractivity contribution in [3.05, 3.63) is 22.1 Å². The molecule has 0 saturated carbocycles. The molecule has 0 rings (SSSR count). The minimum atomic E-state index is -0.542. The summed E-state index contributed by atoms with van der Waals surface area (Å²) in [5, 5.41) is 8.30. The second kappa shape index (κ2) is 2.76. The third-order valence-electron chi connectivity index (χ3n) is 0.304. The molecule has 0 aromatic rings. The van der Waals surface area contributed by atoms with Crippen molar-refractivity contribution in [3.63, 3.8) is 0 Å². The van der Waals surface area contributed by atoms with Gasteiger partial charge in [-0.05, 0) is 10.8 Å². The molecule has 4 heteroatoms. The fraction of sp³-hybridized carbons (Fsp3) is 0. The number of hydrogen-bond donors (Lipinski definition) is 1. The first-order valence-corrected chi connectivity index (χ1v) is 1.35. The van der Waals surface area contributed by atoms with E-state index < -0.39 is 5.82 Å². The zero-order chi connectivity index (χ0) is 5.70. The average Bonchev–Trinajstić information content (AvgIpc) is 1.72. The van der Waals surface area contributed by atoms with E-state index in [-0.39, 0.29) is 0 Å². The summed E-state index contributed by atoms with van der Waals surface area (Å²) in [6, 6.07) is 0. The van der Waals surface area contributed by atoms with Gasteiger partial charge in [-0.3, -0.25) is 5.41 Å². The van der Waals surface area contributed by atoms with Crippen LogP contribution in [0.1, 0.15) is 0 Å². The second-order valence-electron chi connectivity index (χ2n) is 0.652. The van der Waals surface area contributed by atoms with Gasteiger partial charge >= 0.3 is 5.82 Å². The summed E-state index contributed by atoms with van der Waals surface area (Å²) in [5.74, 6) is 0.993. The van der Waals surface area contributed by atoms with Crippen LogP contribution in [0.5, 0.6) is 0 Å². The highest BCUT2D eigenvalue weighted by atomic mass is 16.3. The molecule has 0 amide bonds. The molecule has 0 radical (unpaired) electrons. The Labute approximate surface area is 39.8 Å². The van der Waals surface area contributed by atoms with E-state index in [2.05, 4.69) is 10.0 Å². The monoisotopic (exact) mass is 95.0 g/mol. The van der Waals surface area contributed by atoms with Crippen LogP contribution in [0.15, 0.2) is 11.0 Å². The lowest BCUT2D eigenvalue weighted by Crippen LogP contribution is -1.60. The highest BCUT2D eigenvalue weighted by Gasteiger charge is 1.86. The van der Waals surface area contributed by atoms with Crippen LogP contribution in [0, 0.1) is 16.9 Å². The van der Waals surface area contributed by atoms with Crippen molar-refractivity contribution in [1.29, 1.82) is 5.41 Å². The lowest BCUT2D eigenvalue weighted by molar-refractivity contribution is 1.41. The molecule has 0 aliphatic carbocycles. The van der Waals surface area contributed by atoms with Crippen LogP contribution in [-0.4, -0.2) is 5.87 Å². The molecule has 0 saturated heterocycles. The molecule has 0 atom stereocenters. The summed E-state index contributed by atoms with van der Waals surface area (Å²) in [7, 11) is 0. The van der Waals surface area contributed by atoms with Crippen molar-refractivity contribution in [2.24, 2.45) is 5.18 Å². The lowest BCUT2D eigenvalue weighted by Gasteiger charge is -1.63. The van der Waals surface area contributed by atoms with Gasteiger partial charge in [0.2, 0.25) is 0 Å². The van der Waals surface area contributed by atoms with Gasteiger partial charge < -0.3 is 4.85 Å². The molecule has 0 aliphatic heterocycles. The maximum atomic E-state index is 9.28. The molecule has 34 valence electrons. The molecule has 0 heterocycles. The van der Waals surface area contributed by atoms with Crippen LogP contribution in [0.25, 0.3) is 4.85 Å². The SMILES string of the molecule is [C-]#[N+]C(=C=N)N=O. The maximum Gasteiger partial charge on any atom is 0.381 e. The molecular weight excluding hydrogens is 94.1 g/mol. The van der Waals surface area contributed by atoms with Crippen molar-refractivity contribution >= 4 is 5.87 Å². The Kier molecular flexibility index (Phi) is 2.18. The van der Waals surface area contributed by atoms with Gasteiger partial charge in [0.25, 0.3) is 0 Å². The van der Waals surface area contributed by atoms with Gasteiger partial charge in [0, 0.05) is 0 Å². The van der Waals surface area contributed by atoms with Crippen molar-refractivity contribution in [2.45, 2.75) is 0 Å². The predicted octanol–water partition coefficient (Wildman–Crippen LogP) is 0.762. The fourth-order valence-corrected chi connectivity index (χ4v) is 0.0712. The molecule has 0 aromatic heterocycles. The molecule has 0 spiro atoms. The third kappa shape index (κ3) is 1.42. The minimum absolute atomic E-state index is 0.542. The summed E-state index contributed by atoms with van der Waals surface area (Å²) in [5.41, 5.74) is 0. The van der Waals surface area contributed by atoms with Crippen LogP contribution < -0.4 is 0 Å². The summed E-state index contributed by atoms with van der Waals surface area (Å²) in [6.45, 7) is 6.07. The Morgan fingerprint density at radius 2 is 2.57 bits per heavy atom. The van der Waals surface area contributed by atoms with Crippen molar-refractivity contribution in [1.82, 2.24) is 0 Å². The van der Waals surface area contributed by atoms with Crippen molar-refractivity contribution < 1.29 is 0 Å². The standard InChI is InChI=1S/C3HN3O/c1-5-3(2-4)6-7/h4H. The van der Waals surface area contributed by atoms with Crippen LogP contribution in [-0.2, 0) is 0 Å². The molecule has 7 heavy (non-hydrogen) atoms. The highest BCUT2D eigenvalue weighted by Crippen LogP contribution is 1.86. The summed E-state index contributed by atoms with van der Waals surface area (Å²) in [4.78, 5) is 11.8. The minimum Gasteiger partial charge on any atom is -0.349 e. The summed E-state index contributed by atoms with van der Waals surface area (Å²) < 4.78 is 0. The maximum absolute atomic E-state index is 9.28. The van der Waals surface area contributed by atoms with E-state index in [0.29, 0.717) is 0 Å². The average molecular weight is 95.1 g/mol. The lowest BCUT2D eigenvalue weighted by atomic mass is 10.8. The van der Waals surface area contributed by atoms with E-state index in [1.54, 1.807) is 0 Å². The number of nitrogens with one attached hydrogen (secondary N) is 1. The number of hydrogen-bond acceptors (Lipinski definition) is 3. The van der Waals surface area contributed by atoms with Crippen LogP contribution in [0.4, 0.5) is 0 Å². The Morgan fingerprint density at radius 1 is 2.00 bits per heavy atom. The third-order valence-corrected chi connectivity index (χ3v) is 0.304. The fourth-order valence-electron chi connectivity index (χ4n) is 0.0712. The topological polar surface area (TPSA) is 57.6 Å². The van der Waals surface area contributed by atoms with Gasteiger partial charge in [-0.15, -0.1) is 0 Å². The van der Waals surface area contributed by atoms with Gasteiger partial charge in [-0.2, -0.15) is 0 Å². The van der Waals surface area contributed by atoms with Gasteiger partial charge in [0.1, 0.15) is 5.18 Å². The molecule has 0 unspecified atom stereocenters. The van der Waals surface area contributed by atoms with E-state index in [0.717, 1.165) is 0 Å². The Hall–Kier alpha value is -1.46. The molecule has 4 nitrogen and oxygen atoms in total. The smallest absolute Gasteiger partial charge is 0.349 e. The van der Waals surface area contributed by atoms with Crippen molar-refractivity contribution in [3.8, 4) is 0 Å².